The van der Waals surface area contributed by atoms with Crippen molar-refractivity contribution in [2.24, 2.45) is 5.73 Å². The molecule has 0 aliphatic carbocycles. The Labute approximate surface area is 95.0 Å². The highest BCUT2D eigenvalue weighted by atomic mass is 16.5. The third-order valence-corrected chi connectivity index (χ3v) is 2.27. The molecule has 0 spiro atoms. The van der Waals surface area contributed by atoms with E-state index in [0.29, 0.717) is 12.2 Å². The zero-order valence-corrected chi connectivity index (χ0v) is 9.35. The first-order valence-corrected chi connectivity index (χ1v) is 5.36. The summed E-state index contributed by atoms with van der Waals surface area (Å²) in [5.41, 5.74) is 6.05. The molecule has 0 amide bonds. The number of carboxylic acids is 1. The maximum Gasteiger partial charge on any atom is 0.325 e. The summed E-state index contributed by atoms with van der Waals surface area (Å²) in [5, 5.41) is 8.72. The normalized spacial score (nSPS) is 12.1. The minimum absolute atomic E-state index is 0.579. The number of aliphatic carboxylic acids is 1. The highest BCUT2D eigenvalue weighted by molar-refractivity contribution is 5.75. The molecule has 4 heteroatoms. The molecule has 16 heavy (non-hydrogen) atoms. The highest BCUT2D eigenvalue weighted by Crippen LogP contribution is 2.16. The lowest BCUT2D eigenvalue weighted by Crippen LogP contribution is -2.20. The van der Waals surface area contributed by atoms with E-state index in [-0.39, 0.29) is 0 Å². The second-order valence-corrected chi connectivity index (χ2v) is 3.59. The van der Waals surface area contributed by atoms with Crippen molar-refractivity contribution in [3.8, 4) is 5.75 Å². The van der Waals surface area contributed by atoms with E-state index in [0.717, 1.165) is 18.6 Å². The summed E-state index contributed by atoms with van der Waals surface area (Å²) in [5.74, 6) is -0.283. The predicted molar refractivity (Wildman–Crippen MR) is 61.4 cm³/mol. The molecule has 1 aromatic rings. The molecule has 0 aliphatic heterocycles. The van der Waals surface area contributed by atoms with Gasteiger partial charge in [0.05, 0.1) is 6.61 Å². The predicted octanol–water partition coefficient (Wildman–Crippen LogP) is 1.95. The molecule has 0 radical (unpaired) electrons. The molecule has 1 rings (SSSR count). The summed E-state index contributed by atoms with van der Waals surface area (Å²) >= 11 is 0. The van der Waals surface area contributed by atoms with E-state index in [1.165, 1.54) is 0 Å². The highest BCUT2D eigenvalue weighted by Gasteiger charge is 2.13. The molecular formula is C12H17NO3. The van der Waals surface area contributed by atoms with Gasteiger partial charge in [-0.05, 0) is 24.1 Å². The van der Waals surface area contributed by atoms with E-state index in [1.807, 2.05) is 0 Å². The molecule has 0 saturated heterocycles. The zero-order chi connectivity index (χ0) is 12.0. The van der Waals surface area contributed by atoms with Gasteiger partial charge in [0.15, 0.2) is 0 Å². The van der Waals surface area contributed by atoms with E-state index in [2.05, 4.69) is 6.92 Å². The Hall–Kier alpha value is -1.55. The Kier molecular flexibility index (Phi) is 4.79. The van der Waals surface area contributed by atoms with Gasteiger partial charge in [0.25, 0.3) is 0 Å². The second kappa shape index (κ2) is 6.12. The summed E-state index contributed by atoms with van der Waals surface area (Å²) in [6, 6.07) is 5.88. The fourth-order valence-electron chi connectivity index (χ4n) is 1.25. The molecule has 0 aliphatic rings. The van der Waals surface area contributed by atoms with Gasteiger partial charge < -0.3 is 15.6 Å². The molecule has 0 saturated carbocycles. The number of carbonyl (C=O) groups is 1. The van der Waals surface area contributed by atoms with Gasteiger partial charge in [-0.1, -0.05) is 25.5 Å². The largest absolute Gasteiger partial charge is 0.494 e. The smallest absolute Gasteiger partial charge is 0.325 e. The molecule has 1 unspecified atom stereocenters. The van der Waals surface area contributed by atoms with Gasteiger partial charge in [-0.3, -0.25) is 4.79 Å². The number of rotatable bonds is 6. The fraction of sp³-hybridized carbons (Fsp3) is 0.417. The summed E-state index contributed by atoms with van der Waals surface area (Å²) < 4.78 is 5.45. The lowest BCUT2D eigenvalue weighted by atomic mass is 10.1. The van der Waals surface area contributed by atoms with E-state index in [1.54, 1.807) is 24.3 Å². The van der Waals surface area contributed by atoms with Crippen molar-refractivity contribution in [1.29, 1.82) is 0 Å². The van der Waals surface area contributed by atoms with Gasteiger partial charge in [-0.15, -0.1) is 0 Å². The number of unbranched alkanes of at least 4 members (excludes halogenated alkanes) is 1. The molecule has 3 N–H and O–H groups in total. The Morgan fingerprint density at radius 3 is 2.56 bits per heavy atom. The average Bonchev–Trinajstić information content (AvgIpc) is 2.29. The van der Waals surface area contributed by atoms with Crippen molar-refractivity contribution in [3.05, 3.63) is 29.8 Å². The third kappa shape index (κ3) is 3.55. The lowest BCUT2D eigenvalue weighted by Gasteiger charge is -2.09. The number of ether oxygens (including phenoxy) is 1. The topological polar surface area (TPSA) is 72.5 Å². The fourth-order valence-corrected chi connectivity index (χ4v) is 1.25. The van der Waals surface area contributed by atoms with E-state index >= 15 is 0 Å². The van der Waals surface area contributed by atoms with Gasteiger partial charge in [0.2, 0.25) is 0 Å². The van der Waals surface area contributed by atoms with Crippen LogP contribution in [0.15, 0.2) is 24.3 Å². The Morgan fingerprint density at radius 2 is 2.06 bits per heavy atom. The molecule has 88 valence electrons. The van der Waals surface area contributed by atoms with Crippen molar-refractivity contribution in [1.82, 2.24) is 0 Å². The summed E-state index contributed by atoms with van der Waals surface area (Å²) in [7, 11) is 0. The van der Waals surface area contributed by atoms with E-state index < -0.39 is 12.0 Å². The molecule has 1 aromatic carbocycles. The summed E-state index contributed by atoms with van der Waals surface area (Å²) in [6.07, 6.45) is 2.10. The average molecular weight is 223 g/mol. The summed E-state index contributed by atoms with van der Waals surface area (Å²) in [4.78, 5) is 10.6. The minimum Gasteiger partial charge on any atom is -0.494 e. The monoisotopic (exact) mass is 223 g/mol. The van der Waals surface area contributed by atoms with Gasteiger partial charge in [-0.2, -0.15) is 0 Å². The number of hydrogen-bond donors (Lipinski definition) is 2. The molecule has 0 bridgehead atoms. The third-order valence-electron chi connectivity index (χ3n) is 2.27. The van der Waals surface area contributed by atoms with Gasteiger partial charge >= 0.3 is 5.97 Å². The van der Waals surface area contributed by atoms with Crippen LogP contribution in [0.2, 0.25) is 0 Å². The maximum absolute atomic E-state index is 10.6. The molecule has 0 aromatic heterocycles. The first-order valence-electron chi connectivity index (χ1n) is 5.36. The van der Waals surface area contributed by atoms with Crippen molar-refractivity contribution < 1.29 is 14.6 Å². The van der Waals surface area contributed by atoms with Crippen LogP contribution >= 0.6 is 0 Å². The van der Waals surface area contributed by atoms with Crippen LogP contribution in [0.25, 0.3) is 0 Å². The quantitative estimate of drug-likeness (QED) is 0.723. The summed E-state index contributed by atoms with van der Waals surface area (Å²) in [6.45, 7) is 2.78. The van der Waals surface area contributed by atoms with Crippen LogP contribution in [0, 0.1) is 0 Å². The van der Waals surface area contributed by atoms with Crippen molar-refractivity contribution >= 4 is 5.97 Å². The molecular weight excluding hydrogens is 206 g/mol. The molecule has 4 nitrogen and oxygen atoms in total. The lowest BCUT2D eigenvalue weighted by molar-refractivity contribution is -0.138. The van der Waals surface area contributed by atoms with Gasteiger partial charge in [-0.25, -0.2) is 0 Å². The number of nitrogens with two attached hydrogens (primary N) is 1. The van der Waals surface area contributed by atoms with Crippen LogP contribution in [-0.2, 0) is 4.79 Å². The van der Waals surface area contributed by atoms with Crippen molar-refractivity contribution in [3.63, 3.8) is 0 Å². The minimum atomic E-state index is -1.03. The van der Waals surface area contributed by atoms with Crippen LogP contribution in [-0.4, -0.2) is 17.7 Å². The van der Waals surface area contributed by atoms with Crippen LogP contribution in [0.1, 0.15) is 31.4 Å². The molecule has 0 fully saturated rings. The Morgan fingerprint density at radius 1 is 1.44 bits per heavy atom. The number of benzene rings is 1. The first kappa shape index (κ1) is 12.5. The van der Waals surface area contributed by atoms with Crippen molar-refractivity contribution in [2.45, 2.75) is 25.8 Å². The number of carboxylic acid groups (broad SMARTS) is 1. The standard InChI is InChI=1S/C12H17NO3/c1-2-3-8-16-10-6-4-9(5-7-10)11(13)12(14)15/h4-7,11H,2-3,8,13H2,1H3,(H,14,15). The number of hydrogen-bond acceptors (Lipinski definition) is 3. The van der Waals surface area contributed by atoms with Gasteiger partial charge in [0.1, 0.15) is 11.8 Å². The van der Waals surface area contributed by atoms with Crippen molar-refractivity contribution in [2.75, 3.05) is 6.61 Å². The van der Waals surface area contributed by atoms with Crippen LogP contribution in [0.4, 0.5) is 0 Å². The zero-order valence-electron chi connectivity index (χ0n) is 9.35. The van der Waals surface area contributed by atoms with Crippen LogP contribution in [0.3, 0.4) is 0 Å². The van der Waals surface area contributed by atoms with E-state index in [4.69, 9.17) is 15.6 Å². The first-order chi connectivity index (χ1) is 7.65. The maximum atomic E-state index is 10.6. The van der Waals surface area contributed by atoms with Crippen LogP contribution < -0.4 is 10.5 Å². The van der Waals surface area contributed by atoms with Gasteiger partial charge in [0, 0.05) is 0 Å². The second-order valence-electron chi connectivity index (χ2n) is 3.59. The Balaban J connectivity index is 2.57. The van der Waals surface area contributed by atoms with E-state index in [9.17, 15) is 4.79 Å². The molecule has 0 heterocycles. The van der Waals surface area contributed by atoms with Crippen LogP contribution in [0.5, 0.6) is 5.75 Å². The Bertz CT molecular complexity index is 335. The molecule has 1 atom stereocenters. The SMILES string of the molecule is CCCCOc1ccc(C(N)C(=O)O)cc1.